The van der Waals surface area contributed by atoms with Crippen molar-refractivity contribution in [2.24, 2.45) is 21.7 Å². The maximum absolute atomic E-state index is 13.2. The van der Waals surface area contributed by atoms with E-state index in [9.17, 15) is 52.2 Å². The standard InChI is InChI=1S/C27H38N6O5.C24H29N7O.C24H32N6O3S.C23H26N6O3/c1-26(2)14-33(18-8-6-7-9-18)22-20(32(4)24(26)37)13-28-25(30-22)29-19-11-10-17(12-21(19)38-5)23(36)31-27(3,15-34)16-35;1-24(2)15-31(18-9-4-5-10-18)21-20(30(3)22(24)32)14-25-23(28-21)27-17-8-6-7-16(13-17)19-11-12-26-29-19;1-24(2)15-29(18-7-5-6-8-18)21-20(28(3)22(24)31)14-25-23(27-21)26-17-9-10-19-16(13-17)11-12-30(19)34(4,32)33;1-23(2)12-29(14-6-4-5-7-14)19-17(28(3)21(23)32)11-24-22(27-19)25-13-8-9-16-15(10-13)18(30)20(31)26-16/h10-13,18,34-35H,6-9,14-16H2,1-5H3,(H,31,36)(H,28,29,30);6-8,11-14,18H,4-5,9-10,15H2,1-3H3,(H,26,29)(H,25,27,28);9-10,13-14,18H,5-8,11-12,15H2,1-4H3,(H,25,26,27);8-11,14H,4-7,12H2,1-3H3,(H,24,25,27)(H,26,30,31). The number of carbonyl (C=O) groups excluding carboxylic acids is 7. The molecule has 38 heteroatoms. The second kappa shape index (κ2) is 38.5. The average Bonchev–Trinajstić information content (AvgIpc) is 1.60. The van der Waals surface area contributed by atoms with Crippen LogP contribution < -0.4 is 80.1 Å². The maximum atomic E-state index is 13.2. The van der Waals surface area contributed by atoms with E-state index in [0.29, 0.717) is 132 Å². The molecule has 136 heavy (non-hydrogen) atoms. The van der Waals surface area contributed by atoms with Crippen LogP contribution in [0, 0.1) is 21.7 Å². The lowest BCUT2D eigenvalue weighted by molar-refractivity contribution is -0.126. The minimum absolute atomic E-state index is 0.0255. The molecule has 37 nitrogen and oxygen atoms in total. The number of benzene rings is 4. The third-order valence-electron chi connectivity index (χ3n) is 27.7. The number of aromatic amines is 1. The Morgan fingerprint density at radius 3 is 1.29 bits per heavy atom. The fourth-order valence-electron chi connectivity index (χ4n) is 20.2. The quantitative estimate of drug-likeness (QED) is 0.0340. The molecule has 11 heterocycles. The number of carbonyl (C=O) groups is 7. The molecule has 9 aromatic rings. The molecule has 4 fully saturated rings. The van der Waals surface area contributed by atoms with Crippen molar-refractivity contribution >= 4 is 155 Å². The Bertz CT molecular complexity index is 6170. The average molecular weight is 1880 g/mol. The number of sulfonamides is 1. The molecule has 0 spiro atoms. The molecule has 6 aliphatic heterocycles. The van der Waals surface area contributed by atoms with Gasteiger partial charge in [-0.1, -0.05) is 63.5 Å². The lowest BCUT2D eigenvalue weighted by Crippen LogP contribution is -2.51. The number of hydrogen-bond donors (Lipinski definition) is 9. The van der Waals surface area contributed by atoms with Crippen molar-refractivity contribution in [1.29, 1.82) is 0 Å². The van der Waals surface area contributed by atoms with E-state index in [2.05, 4.69) is 81.6 Å². The van der Waals surface area contributed by atoms with Crippen molar-refractivity contribution in [1.82, 2.24) is 55.4 Å². The van der Waals surface area contributed by atoms with Gasteiger partial charge in [0, 0.05) is 119 Å². The van der Waals surface area contributed by atoms with Crippen molar-refractivity contribution in [2.45, 2.75) is 201 Å². The van der Waals surface area contributed by atoms with Gasteiger partial charge in [0.1, 0.15) is 28.5 Å². The lowest BCUT2D eigenvalue weighted by atomic mass is 9.91. The van der Waals surface area contributed by atoms with Crippen LogP contribution in [0.1, 0.15) is 191 Å². The summed E-state index contributed by atoms with van der Waals surface area (Å²) in [5, 5.41) is 44.2. The van der Waals surface area contributed by atoms with Crippen LogP contribution in [0.2, 0.25) is 0 Å². The largest absolute Gasteiger partial charge is 0.495 e. The number of nitrogens with zero attached hydrogens (tertiary/aromatic N) is 18. The molecule has 0 atom stereocenters. The van der Waals surface area contributed by atoms with Crippen molar-refractivity contribution in [3.05, 3.63) is 133 Å². The second-order valence-electron chi connectivity index (χ2n) is 40.1. The molecular weight excluding hydrogens is 1750 g/mol. The van der Waals surface area contributed by atoms with E-state index < -0.39 is 68.0 Å². The Kier molecular flexibility index (Phi) is 27.2. The van der Waals surface area contributed by atoms with E-state index in [0.717, 1.165) is 133 Å². The van der Waals surface area contributed by atoms with Gasteiger partial charge in [0.25, 0.3) is 17.6 Å². The number of rotatable bonds is 19. The Labute approximate surface area is 793 Å². The third-order valence-corrected chi connectivity index (χ3v) is 28.9. The number of anilines is 18. The highest BCUT2D eigenvalue weighted by molar-refractivity contribution is 7.92. The van der Waals surface area contributed by atoms with Crippen LogP contribution in [-0.4, -0.2) is 227 Å². The zero-order valence-electron chi connectivity index (χ0n) is 80.2. The van der Waals surface area contributed by atoms with Gasteiger partial charge in [-0.05, 0) is 198 Å². The summed E-state index contributed by atoms with van der Waals surface area (Å²) in [7, 11) is 5.37. The first-order valence-electron chi connectivity index (χ1n) is 46.9. The molecule has 4 aliphatic carbocycles. The molecule has 0 unspecified atom stereocenters. The molecule has 0 bridgehead atoms. The van der Waals surface area contributed by atoms with Gasteiger partial charge < -0.3 is 86.0 Å². The molecule has 5 aromatic heterocycles. The van der Waals surface area contributed by atoms with Crippen molar-refractivity contribution < 1.29 is 56.9 Å². The molecular formula is C98H125N25O12S. The van der Waals surface area contributed by atoms with Crippen LogP contribution in [0.15, 0.2) is 116 Å². The number of methoxy groups -OCH3 is 1. The highest BCUT2D eigenvalue weighted by Crippen LogP contribution is 2.48. The van der Waals surface area contributed by atoms with Crippen molar-refractivity contribution in [3.63, 3.8) is 0 Å². The van der Waals surface area contributed by atoms with E-state index in [1.54, 1.807) is 115 Å². The molecule has 0 radical (unpaired) electrons. The molecule has 4 saturated carbocycles. The van der Waals surface area contributed by atoms with Gasteiger partial charge in [-0.15, -0.1) is 0 Å². The smallest absolute Gasteiger partial charge is 0.296 e. The van der Waals surface area contributed by atoms with Crippen LogP contribution >= 0.6 is 0 Å². The first kappa shape index (κ1) is 95.9. The third kappa shape index (κ3) is 19.9. The summed E-state index contributed by atoms with van der Waals surface area (Å²) in [6.45, 7) is 19.5. The first-order chi connectivity index (χ1) is 64.7. The van der Waals surface area contributed by atoms with E-state index >= 15 is 0 Å². The summed E-state index contributed by atoms with van der Waals surface area (Å²) in [6.07, 6.45) is 28.7. The number of aliphatic hydroxyl groups is 2. The topological polar surface area (TPSA) is 436 Å². The summed E-state index contributed by atoms with van der Waals surface area (Å²) in [5.74, 6) is 3.76. The van der Waals surface area contributed by atoms with Gasteiger partial charge in [0.05, 0.1) is 107 Å². The fraction of sp³-hybridized carbons (Fsp3) is 0.490. The lowest BCUT2D eigenvalue weighted by Gasteiger charge is -2.34. The molecule has 0 saturated heterocycles. The molecule has 19 rings (SSSR count). The molecule has 720 valence electrons. The second-order valence-corrected chi connectivity index (χ2v) is 42.0. The number of ketones is 1. The van der Waals surface area contributed by atoms with Crippen LogP contribution in [0.3, 0.4) is 0 Å². The number of ether oxygens (including phenoxy) is 1. The maximum Gasteiger partial charge on any atom is 0.296 e. The fourth-order valence-corrected chi connectivity index (χ4v) is 21.2. The number of nitrogens with one attached hydrogen (secondary N) is 7. The van der Waals surface area contributed by atoms with Crippen LogP contribution in [0.4, 0.5) is 104 Å². The number of aromatic nitrogens is 10. The molecule has 6 amide bonds. The minimum atomic E-state index is -3.28. The zero-order valence-corrected chi connectivity index (χ0v) is 81.0. The van der Waals surface area contributed by atoms with Crippen LogP contribution in [-0.2, 0) is 40.4 Å². The van der Waals surface area contributed by atoms with Gasteiger partial charge in [-0.25, -0.2) is 28.4 Å². The van der Waals surface area contributed by atoms with Crippen molar-refractivity contribution in [2.75, 3.05) is 158 Å². The Morgan fingerprint density at radius 1 is 0.500 bits per heavy atom. The van der Waals surface area contributed by atoms with Crippen LogP contribution in [0.5, 0.6) is 5.75 Å². The first-order valence-corrected chi connectivity index (χ1v) is 48.8. The monoisotopic (exact) mass is 1880 g/mol. The van der Waals surface area contributed by atoms with E-state index in [1.165, 1.54) is 56.2 Å². The molecule has 4 aromatic carbocycles. The summed E-state index contributed by atoms with van der Waals surface area (Å²) < 4.78 is 31.0. The summed E-state index contributed by atoms with van der Waals surface area (Å²) in [4.78, 5) is 142. The van der Waals surface area contributed by atoms with E-state index in [4.69, 9.17) is 24.7 Å². The number of H-pyrrole nitrogens is 1. The van der Waals surface area contributed by atoms with Gasteiger partial charge in [-0.2, -0.15) is 25.0 Å². The summed E-state index contributed by atoms with van der Waals surface area (Å²) in [5.41, 5.74) is 7.24. The Morgan fingerprint density at radius 2 is 0.897 bits per heavy atom. The Balaban J connectivity index is 0.000000132. The predicted octanol–water partition coefficient (Wildman–Crippen LogP) is 13.2. The van der Waals surface area contributed by atoms with Gasteiger partial charge in [0.15, 0.2) is 23.3 Å². The highest BCUT2D eigenvalue weighted by Gasteiger charge is 2.48. The van der Waals surface area contributed by atoms with Gasteiger partial charge in [-0.3, -0.25) is 43.0 Å². The normalized spacial score (nSPS) is 19.1. The molecule has 10 aliphatic rings. The minimum Gasteiger partial charge on any atom is -0.495 e. The number of fused-ring (bicyclic) bond motifs is 6. The van der Waals surface area contributed by atoms with Crippen LogP contribution in [0.25, 0.3) is 11.3 Å². The van der Waals surface area contributed by atoms with E-state index in [1.807, 2.05) is 111 Å². The van der Waals surface area contributed by atoms with Crippen molar-refractivity contribution in [3.8, 4) is 17.0 Å². The number of Topliss-reactive ketones (excluding diaryl/α,β-unsaturated/α-hetero) is 1. The zero-order chi connectivity index (χ0) is 96.8. The summed E-state index contributed by atoms with van der Waals surface area (Å²) in [6, 6.07) is 27.0. The molecule has 9 N–H and O–H groups in total. The predicted molar refractivity (Wildman–Crippen MR) is 527 cm³/mol. The number of aliphatic hydroxyl groups excluding tert-OH is 2. The highest BCUT2D eigenvalue weighted by atomic mass is 32.2. The number of hydrogen-bond acceptors (Lipinski definition) is 29. The van der Waals surface area contributed by atoms with E-state index in [-0.39, 0.29) is 23.6 Å². The Hall–Kier alpha value is -13.2. The SMILES string of the molecule is CN1C(=O)C(C)(C)CN(C2CCCC2)c2nc(Nc3ccc4c(c3)C(=O)C(=O)N4)ncc21.CN1C(=O)C(C)(C)CN(C2CCCC2)c2nc(Nc3ccc4c(c3)CCN4S(C)(=O)=O)ncc21.CN1C(=O)C(C)(C)CN(C2CCCC2)c2nc(Nc3cccc(-c4ccn[nH]4)c3)ncc21.COc1cc(C(=O)NC(C)(CO)CO)ccc1Nc1ncc2c(n1)N(C1CCCC1)CC(C)(C)C(=O)N2C. The summed E-state index contributed by atoms with van der Waals surface area (Å²) >= 11 is 0. The van der Waals surface area contributed by atoms with Gasteiger partial charge >= 0.3 is 0 Å². The number of amides is 6. The van der Waals surface area contributed by atoms with Gasteiger partial charge in [0.2, 0.25) is 57.4 Å².